The van der Waals surface area contributed by atoms with Gasteiger partial charge in [-0.15, -0.1) is 0 Å². The van der Waals surface area contributed by atoms with Gasteiger partial charge in [0.1, 0.15) is 5.69 Å². The highest BCUT2D eigenvalue weighted by Crippen LogP contribution is 2.39. The van der Waals surface area contributed by atoms with Crippen molar-refractivity contribution in [2.45, 2.75) is 25.2 Å². The number of H-pyrrole nitrogens is 1. The molecule has 0 saturated heterocycles. The predicted octanol–water partition coefficient (Wildman–Crippen LogP) is 2.87. The number of pyridine rings is 1. The Bertz CT molecular complexity index is 620. The molecule has 0 bridgehead atoms. The van der Waals surface area contributed by atoms with E-state index in [1.54, 1.807) is 6.07 Å². The van der Waals surface area contributed by atoms with Crippen molar-refractivity contribution in [3.05, 3.63) is 41.3 Å². The standard InChI is InChI=1S/C13H12F2N4O/c14-12(15)9-4-3-8(6-16-9)13(20)17-11-5-10(18-19-11)7-1-2-7/h3-7,12H,1-2H2,(H2,17,18,19,20). The number of aromatic amines is 1. The van der Waals surface area contributed by atoms with Gasteiger partial charge in [0.2, 0.25) is 0 Å². The molecule has 2 aromatic heterocycles. The highest BCUT2D eigenvalue weighted by molar-refractivity contribution is 6.03. The Labute approximate surface area is 113 Å². The van der Waals surface area contributed by atoms with Crippen LogP contribution in [-0.4, -0.2) is 21.1 Å². The molecule has 5 nitrogen and oxygen atoms in total. The second-order valence-electron chi connectivity index (χ2n) is 4.71. The van der Waals surface area contributed by atoms with E-state index in [1.165, 1.54) is 6.07 Å². The number of carbonyl (C=O) groups is 1. The minimum absolute atomic E-state index is 0.213. The largest absolute Gasteiger partial charge is 0.305 e. The summed E-state index contributed by atoms with van der Waals surface area (Å²) in [5, 5.41) is 9.46. The van der Waals surface area contributed by atoms with E-state index >= 15 is 0 Å². The topological polar surface area (TPSA) is 70.7 Å². The zero-order chi connectivity index (χ0) is 14.1. The maximum atomic E-state index is 12.4. The average molecular weight is 278 g/mol. The van der Waals surface area contributed by atoms with Crippen LogP contribution in [0.3, 0.4) is 0 Å². The van der Waals surface area contributed by atoms with Gasteiger partial charge in [-0.05, 0) is 25.0 Å². The Kier molecular flexibility index (Phi) is 3.17. The van der Waals surface area contributed by atoms with Crippen molar-refractivity contribution >= 4 is 11.7 Å². The van der Waals surface area contributed by atoms with E-state index in [4.69, 9.17) is 0 Å². The number of nitrogens with zero attached hydrogens (tertiary/aromatic N) is 2. The fourth-order valence-electron chi connectivity index (χ4n) is 1.86. The maximum absolute atomic E-state index is 12.4. The van der Waals surface area contributed by atoms with Crippen molar-refractivity contribution in [1.82, 2.24) is 15.2 Å². The fraction of sp³-hybridized carbons (Fsp3) is 0.308. The van der Waals surface area contributed by atoms with Gasteiger partial charge in [0.25, 0.3) is 12.3 Å². The number of anilines is 1. The molecule has 0 spiro atoms. The monoisotopic (exact) mass is 278 g/mol. The molecule has 104 valence electrons. The van der Waals surface area contributed by atoms with Crippen molar-refractivity contribution < 1.29 is 13.6 Å². The molecule has 1 aliphatic rings. The summed E-state index contributed by atoms with van der Waals surface area (Å²) in [6.07, 6.45) is 0.758. The van der Waals surface area contributed by atoms with Gasteiger partial charge in [-0.3, -0.25) is 14.9 Å². The molecule has 2 heterocycles. The smallest absolute Gasteiger partial charge is 0.280 e. The highest BCUT2D eigenvalue weighted by atomic mass is 19.3. The lowest BCUT2D eigenvalue weighted by atomic mass is 10.2. The number of hydrogen-bond acceptors (Lipinski definition) is 3. The first-order valence-electron chi connectivity index (χ1n) is 6.24. The Morgan fingerprint density at radius 1 is 1.40 bits per heavy atom. The highest BCUT2D eigenvalue weighted by Gasteiger charge is 2.25. The van der Waals surface area contributed by atoms with Crippen molar-refractivity contribution in [1.29, 1.82) is 0 Å². The molecule has 20 heavy (non-hydrogen) atoms. The van der Waals surface area contributed by atoms with E-state index in [1.807, 2.05) is 0 Å². The third-order valence-corrected chi connectivity index (χ3v) is 3.13. The summed E-state index contributed by atoms with van der Waals surface area (Å²) in [5.74, 6) is 0.516. The maximum Gasteiger partial charge on any atom is 0.280 e. The molecule has 0 aliphatic heterocycles. The molecule has 7 heteroatoms. The number of rotatable bonds is 4. The molecule has 3 rings (SSSR count). The van der Waals surface area contributed by atoms with Crippen molar-refractivity contribution in [2.24, 2.45) is 0 Å². The summed E-state index contributed by atoms with van der Waals surface area (Å²) in [5.41, 5.74) is 0.870. The molecule has 1 aliphatic carbocycles. The number of halogens is 2. The van der Waals surface area contributed by atoms with Crippen LogP contribution in [0.25, 0.3) is 0 Å². The molecule has 2 aromatic rings. The first kappa shape index (κ1) is 12.7. The van der Waals surface area contributed by atoms with Gasteiger partial charge < -0.3 is 5.32 Å². The lowest BCUT2D eigenvalue weighted by Gasteiger charge is -2.02. The molecule has 1 saturated carbocycles. The van der Waals surface area contributed by atoms with Crippen LogP contribution in [0.2, 0.25) is 0 Å². The molecular formula is C13H12F2N4O. The Morgan fingerprint density at radius 2 is 2.20 bits per heavy atom. The Hall–Kier alpha value is -2.31. The Balaban J connectivity index is 1.68. The predicted molar refractivity (Wildman–Crippen MR) is 67.7 cm³/mol. The third kappa shape index (κ3) is 2.66. The second kappa shape index (κ2) is 4.99. The van der Waals surface area contributed by atoms with Crippen molar-refractivity contribution in [2.75, 3.05) is 5.32 Å². The van der Waals surface area contributed by atoms with Gasteiger partial charge in [0.15, 0.2) is 5.82 Å². The van der Waals surface area contributed by atoms with E-state index in [0.29, 0.717) is 11.7 Å². The number of amides is 1. The molecular weight excluding hydrogens is 266 g/mol. The van der Waals surface area contributed by atoms with Crippen LogP contribution in [0.4, 0.5) is 14.6 Å². The SMILES string of the molecule is O=C(Nc1cc(C2CC2)[nH]n1)c1ccc(C(F)F)nc1. The summed E-state index contributed by atoms with van der Waals surface area (Å²) < 4.78 is 24.7. The number of alkyl halides is 2. The first-order valence-corrected chi connectivity index (χ1v) is 6.24. The van der Waals surface area contributed by atoms with E-state index < -0.39 is 12.3 Å². The summed E-state index contributed by atoms with van der Waals surface area (Å²) >= 11 is 0. The van der Waals surface area contributed by atoms with Crippen molar-refractivity contribution in [3.8, 4) is 0 Å². The van der Waals surface area contributed by atoms with Crippen LogP contribution in [-0.2, 0) is 0 Å². The number of nitrogens with one attached hydrogen (secondary N) is 2. The van der Waals surface area contributed by atoms with E-state index in [0.717, 1.165) is 30.8 Å². The zero-order valence-electron chi connectivity index (χ0n) is 10.4. The summed E-state index contributed by atoms with van der Waals surface area (Å²) in [7, 11) is 0. The number of aromatic nitrogens is 3. The van der Waals surface area contributed by atoms with Gasteiger partial charge in [-0.2, -0.15) is 5.10 Å². The summed E-state index contributed by atoms with van der Waals surface area (Å²) in [6.45, 7) is 0. The number of carbonyl (C=O) groups excluding carboxylic acids is 1. The van der Waals surface area contributed by atoms with Crippen LogP contribution in [0.5, 0.6) is 0 Å². The average Bonchev–Trinajstić information content (AvgIpc) is 3.20. The van der Waals surface area contributed by atoms with Gasteiger partial charge in [0, 0.05) is 23.9 Å². The summed E-state index contributed by atoms with van der Waals surface area (Å²) in [6, 6.07) is 4.24. The van der Waals surface area contributed by atoms with Gasteiger partial charge in [-0.25, -0.2) is 8.78 Å². The van der Waals surface area contributed by atoms with Crippen molar-refractivity contribution in [3.63, 3.8) is 0 Å². The fourth-order valence-corrected chi connectivity index (χ4v) is 1.86. The molecule has 0 unspecified atom stereocenters. The molecule has 0 radical (unpaired) electrons. The first-order chi connectivity index (χ1) is 9.63. The molecule has 1 amide bonds. The second-order valence-corrected chi connectivity index (χ2v) is 4.71. The molecule has 2 N–H and O–H groups in total. The van der Waals surface area contributed by atoms with E-state index in [2.05, 4.69) is 20.5 Å². The minimum atomic E-state index is -2.64. The van der Waals surface area contributed by atoms with Gasteiger partial charge >= 0.3 is 0 Å². The molecule has 0 atom stereocenters. The minimum Gasteiger partial charge on any atom is -0.305 e. The lowest BCUT2D eigenvalue weighted by Crippen LogP contribution is -2.12. The van der Waals surface area contributed by atoms with E-state index in [9.17, 15) is 13.6 Å². The van der Waals surface area contributed by atoms with Gasteiger partial charge in [0.05, 0.1) is 5.56 Å². The van der Waals surface area contributed by atoms with Crippen LogP contribution in [0.15, 0.2) is 24.4 Å². The zero-order valence-corrected chi connectivity index (χ0v) is 10.4. The van der Waals surface area contributed by atoms with Crippen LogP contribution >= 0.6 is 0 Å². The quantitative estimate of drug-likeness (QED) is 0.903. The third-order valence-electron chi connectivity index (χ3n) is 3.13. The lowest BCUT2D eigenvalue weighted by molar-refractivity contribution is 0.102. The number of hydrogen-bond donors (Lipinski definition) is 2. The van der Waals surface area contributed by atoms with Crippen LogP contribution in [0, 0.1) is 0 Å². The summed E-state index contributed by atoms with van der Waals surface area (Å²) in [4.78, 5) is 15.4. The molecule has 1 fully saturated rings. The van der Waals surface area contributed by atoms with Crippen LogP contribution in [0.1, 0.15) is 46.9 Å². The normalized spacial score (nSPS) is 14.6. The van der Waals surface area contributed by atoms with Crippen LogP contribution < -0.4 is 5.32 Å². The Morgan fingerprint density at radius 3 is 2.80 bits per heavy atom. The van der Waals surface area contributed by atoms with E-state index in [-0.39, 0.29) is 11.3 Å². The van der Waals surface area contributed by atoms with Gasteiger partial charge in [-0.1, -0.05) is 0 Å². The molecule has 0 aromatic carbocycles.